The van der Waals surface area contributed by atoms with Gasteiger partial charge in [-0.25, -0.2) is 4.68 Å². The first-order valence-electron chi connectivity index (χ1n) is 5.46. The number of aromatic nitrogens is 2. The summed E-state index contributed by atoms with van der Waals surface area (Å²) in [6.45, 7) is 1.73. The Hall–Kier alpha value is -1.73. The molecule has 0 radical (unpaired) electrons. The Kier molecular flexibility index (Phi) is 2.95. The molecule has 18 heavy (non-hydrogen) atoms. The van der Waals surface area contributed by atoms with E-state index in [-0.39, 0.29) is 17.8 Å². The third-order valence-electron chi connectivity index (χ3n) is 3.03. The summed E-state index contributed by atoms with van der Waals surface area (Å²) >= 11 is 0. The Morgan fingerprint density at radius 2 is 2.33 bits per heavy atom. The second-order valence-corrected chi connectivity index (χ2v) is 4.18. The molecule has 1 N–H and O–H groups in total. The summed E-state index contributed by atoms with van der Waals surface area (Å²) in [5, 5.41) is 17.1. The number of halogens is 3. The maximum Gasteiger partial charge on any atom is 0.410 e. The normalized spacial score (nSPS) is 23.3. The number of hydrogen-bond donors (Lipinski definition) is 1. The van der Waals surface area contributed by atoms with E-state index in [4.69, 9.17) is 0 Å². The van der Waals surface area contributed by atoms with Crippen LogP contribution in [0.3, 0.4) is 0 Å². The van der Waals surface area contributed by atoms with Crippen LogP contribution in [0.1, 0.15) is 36.2 Å². The number of aromatic carboxylic acids is 1. The summed E-state index contributed by atoms with van der Waals surface area (Å²) in [7, 11) is 0. The zero-order valence-corrected chi connectivity index (χ0v) is 9.49. The number of alkyl halides is 3. The first-order valence-corrected chi connectivity index (χ1v) is 5.46. The fourth-order valence-corrected chi connectivity index (χ4v) is 2.05. The van der Waals surface area contributed by atoms with Crippen molar-refractivity contribution in [1.29, 1.82) is 0 Å². The molecule has 0 fully saturated rings. The van der Waals surface area contributed by atoms with Gasteiger partial charge in [-0.15, -0.1) is 0 Å². The molecule has 2 atom stereocenters. The minimum absolute atomic E-state index is 0.129. The van der Waals surface area contributed by atoms with E-state index in [1.807, 2.05) is 0 Å². The molecule has 1 aromatic heterocycles. The number of carboxylic acids is 1. The molecule has 2 heterocycles. The quantitative estimate of drug-likeness (QED) is 0.861. The number of hydrogen-bond acceptors (Lipinski definition) is 4. The third-order valence-corrected chi connectivity index (χ3v) is 3.03. The summed E-state index contributed by atoms with van der Waals surface area (Å²) in [4.78, 5) is 10.8. The van der Waals surface area contributed by atoms with E-state index in [0.717, 1.165) is 6.20 Å². The van der Waals surface area contributed by atoms with Gasteiger partial charge in [-0.3, -0.25) is 0 Å². The molecule has 5 nitrogen and oxygen atoms in total. The van der Waals surface area contributed by atoms with Gasteiger partial charge in [-0.05, 0) is 12.8 Å². The Bertz CT molecular complexity index is 469. The van der Waals surface area contributed by atoms with E-state index in [1.54, 1.807) is 6.92 Å². The predicted molar refractivity (Wildman–Crippen MR) is 54.0 cm³/mol. The molecule has 0 amide bonds. The fraction of sp³-hybridized carbons (Fsp3) is 0.600. The Morgan fingerprint density at radius 1 is 1.67 bits per heavy atom. The van der Waals surface area contributed by atoms with Crippen molar-refractivity contribution < 1.29 is 23.1 Å². The van der Waals surface area contributed by atoms with E-state index in [2.05, 4.69) is 10.4 Å². The average Bonchev–Trinajstić information content (AvgIpc) is 2.69. The summed E-state index contributed by atoms with van der Waals surface area (Å²) in [6.07, 6.45) is -3.28. The topological polar surface area (TPSA) is 70.0 Å². The highest BCUT2D eigenvalue weighted by atomic mass is 19.4. The van der Waals surface area contributed by atoms with Crippen LogP contribution in [0.2, 0.25) is 0 Å². The van der Waals surface area contributed by atoms with Crippen molar-refractivity contribution in [2.24, 2.45) is 0 Å². The van der Waals surface area contributed by atoms with Gasteiger partial charge in [0.25, 0.3) is 0 Å². The predicted octanol–water partition coefficient (Wildman–Crippen LogP) is 0.944. The van der Waals surface area contributed by atoms with Crippen molar-refractivity contribution in [3.63, 3.8) is 0 Å². The summed E-state index contributed by atoms with van der Waals surface area (Å²) < 4.78 is 39.3. The molecule has 1 aromatic rings. The van der Waals surface area contributed by atoms with E-state index < -0.39 is 24.2 Å². The Labute approximate surface area is 101 Å². The lowest BCUT2D eigenvalue weighted by Crippen LogP contribution is -2.39. The minimum atomic E-state index is -4.46. The van der Waals surface area contributed by atoms with Crippen molar-refractivity contribution in [2.75, 3.05) is 5.32 Å². The maximum atomic E-state index is 12.9. The van der Waals surface area contributed by atoms with Crippen LogP contribution in [0.5, 0.6) is 0 Å². The van der Waals surface area contributed by atoms with Crippen molar-refractivity contribution in [2.45, 2.75) is 38.0 Å². The highest BCUT2D eigenvalue weighted by Gasteiger charge is 2.46. The van der Waals surface area contributed by atoms with Crippen LogP contribution in [0.4, 0.5) is 19.0 Å². The van der Waals surface area contributed by atoms with Gasteiger partial charge >= 0.3 is 6.18 Å². The molecule has 1 aliphatic rings. The van der Waals surface area contributed by atoms with Gasteiger partial charge in [-0.2, -0.15) is 18.3 Å². The fourth-order valence-electron chi connectivity index (χ4n) is 2.05. The summed E-state index contributed by atoms with van der Waals surface area (Å²) in [6, 6.07) is -2.23. The average molecular weight is 262 g/mol. The van der Waals surface area contributed by atoms with Crippen LogP contribution < -0.4 is 10.4 Å². The first kappa shape index (κ1) is 12.7. The molecule has 0 aromatic carbocycles. The second-order valence-electron chi connectivity index (χ2n) is 4.18. The standard InChI is InChI=1S/C10H12F3N3O2/c1-2-5-3-7(10(11,12)13)16-8(15-5)6(4-14-16)9(17)18/h4-5,7,15H,2-3H2,1H3,(H,17,18)/p-1/t5-,7-/m0/s1. The van der Waals surface area contributed by atoms with E-state index in [1.165, 1.54) is 0 Å². The minimum Gasteiger partial charge on any atom is -0.545 e. The van der Waals surface area contributed by atoms with Gasteiger partial charge in [0.2, 0.25) is 0 Å². The van der Waals surface area contributed by atoms with Gasteiger partial charge < -0.3 is 15.2 Å². The number of nitrogens with one attached hydrogen (secondary N) is 1. The second kappa shape index (κ2) is 4.18. The number of carbonyl (C=O) groups is 1. The molecule has 0 saturated heterocycles. The molecule has 100 valence electrons. The third kappa shape index (κ3) is 2.02. The first-order chi connectivity index (χ1) is 8.34. The molecule has 0 aliphatic carbocycles. The monoisotopic (exact) mass is 262 g/mol. The van der Waals surface area contributed by atoms with Gasteiger partial charge in [0, 0.05) is 6.04 Å². The molecule has 2 rings (SSSR count). The van der Waals surface area contributed by atoms with Crippen LogP contribution in [0.25, 0.3) is 0 Å². The van der Waals surface area contributed by atoms with Crippen molar-refractivity contribution in [1.82, 2.24) is 9.78 Å². The van der Waals surface area contributed by atoms with E-state index in [9.17, 15) is 23.1 Å². The number of rotatable bonds is 2. The smallest absolute Gasteiger partial charge is 0.410 e. The number of carbonyl (C=O) groups excluding carboxylic acids is 1. The number of carboxylic acid groups (broad SMARTS) is 1. The molecule has 1 aliphatic heterocycles. The highest BCUT2D eigenvalue weighted by Crippen LogP contribution is 2.40. The van der Waals surface area contributed by atoms with Crippen molar-refractivity contribution >= 4 is 11.8 Å². The zero-order valence-electron chi connectivity index (χ0n) is 9.49. The van der Waals surface area contributed by atoms with Crippen LogP contribution >= 0.6 is 0 Å². The van der Waals surface area contributed by atoms with Crippen molar-refractivity contribution in [3.8, 4) is 0 Å². The largest absolute Gasteiger partial charge is 0.545 e. The number of fused-ring (bicyclic) bond motifs is 1. The highest BCUT2D eigenvalue weighted by molar-refractivity contribution is 5.91. The number of anilines is 1. The van der Waals surface area contributed by atoms with Crippen LogP contribution in [0, 0.1) is 0 Å². The lowest BCUT2D eigenvalue weighted by Gasteiger charge is -2.33. The van der Waals surface area contributed by atoms with Gasteiger partial charge in [0.15, 0.2) is 6.04 Å². The van der Waals surface area contributed by atoms with Crippen LogP contribution in [-0.2, 0) is 0 Å². The Balaban J connectivity index is 2.47. The molecule has 0 bridgehead atoms. The maximum absolute atomic E-state index is 12.9. The molecule has 8 heteroatoms. The SMILES string of the molecule is CC[C@H]1C[C@@H](C(F)(F)F)n2ncc(C(=O)[O-])c2N1. The van der Waals surface area contributed by atoms with Crippen molar-refractivity contribution in [3.05, 3.63) is 11.8 Å². The Morgan fingerprint density at radius 3 is 2.83 bits per heavy atom. The van der Waals surface area contributed by atoms with E-state index in [0.29, 0.717) is 11.1 Å². The van der Waals surface area contributed by atoms with Crippen LogP contribution in [-0.4, -0.2) is 28.0 Å². The lowest BCUT2D eigenvalue weighted by atomic mass is 10.0. The molecular weight excluding hydrogens is 251 g/mol. The van der Waals surface area contributed by atoms with Gasteiger partial charge in [-0.1, -0.05) is 6.92 Å². The molecule has 0 saturated carbocycles. The van der Waals surface area contributed by atoms with Crippen LogP contribution in [0.15, 0.2) is 6.20 Å². The molecule has 0 spiro atoms. The van der Waals surface area contributed by atoms with E-state index >= 15 is 0 Å². The molecular formula is C10H11F3N3O2-. The molecule has 0 unspecified atom stereocenters. The zero-order chi connectivity index (χ0) is 13.5. The number of nitrogens with zero attached hydrogens (tertiary/aromatic N) is 2. The lowest BCUT2D eigenvalue weighted by molar-refractivity contribution is -0.255. The summed E-state index contributed by atoms with van der Waals surface area (Å²) in [5.74, 6) is -1.67. The summed E-state index contributed by atoms with van der Waals surface area (Å²) in [5.41, 5.74) is -0.345. The van der Waals surface area contributed by atoms with Gasteiger partial charge in [0.1, 0.15) is 5.82 Å². The van der Waals surface area contributed by atoms with Gasteiger partial charge in [0.05, 0.1) is 17.7 Å².